The number of nitrogens with zero attached hydrogens (tertiary/aromatic N) is 1. The van der Waals surface area contributed by atoms with Crippen LogP contribution in [0.2, 0.25) is 0 Å². The van der Waals surface area contributed by atoms with E-state index in [4.69, 9.17) is 5.73 Å². The van der Waals surface area contributed by atoms with E-state index in [2.05, 4.69) is 80.6 Å². The average molecular weight is 1040 g/mol. The molecule has 10 rings (SSSR count). The maximum atomic E-state index is 12.8. The smallest absolute Gasteiger partial charge is 0.309 e. The minimum atomic E-state index is -0.662. The first kappa shape index (κ1) is 61.0. The van der Waals surface area contributed by atoms with Gasteiger partial charge in [-0.15, -0.1) is 0 Å². The number of nitrogens with two attached hydrogens (primary N) is 1. The third kappa shape index (κ3) is 7.63. The van der Waals surface area contributed by atoms with Crippen molar-refractivity contribution in [3.05, 3.63) is 24.3 Å². The van der Waals surface area contributed by atoms with Crippen LogP contribution in [0.5, 0.6) is 0 Å². The molecule has 0 saturated heterocycles. The third-order valence-electron chi connectivity index (χ3n) is 27.9. The van der Waals surface area contributed by atoms with E-state index in [1.54, 1.807) is 0 Å². The van der Waals surface area contributed by atoms with Crippen molar-refractivity contribution in [1.29, 1.82) is 0 Å². The lowest BCUT2D eigenvalue weighted by atomic mass is 9.32. The number of carbonyl (C=O) groups is 2. The summed E-state index contributed by atoms with van der Waals surface area (Å²) in [5.74, 6) is 1.94. The van der Waals surface area contributed by atoms with Crippen molar-refractivity contribution in [3.8, 4) is 0 Å². The molecule has 1 unspecified atom stereocenters. The molecule has 0 bridgehead atoms. The van der Waals surface area contributed by atoms with Crippen molar-refractivity contribution in [2.75, 3.05) is 19.8 Å². The van der Waals surface area contributed by atoms with Gasteiger partial charge >= 0.3 is 11.9 Å². The topological polar surface area (TPSA) is 194 Å². The van der Waals surface area contributed by atoms with E-state index >= 15 is 0 Å². The Morgan fingerprint density at radius 3 is 1.38 bits per heavy atom. The quantitative estimate of drug-likeness (QED) is 0.0704. The number of hydrogen-bond donors (Lipinski definition) is 7. The van der Waals surface area contributed by atoms with Gasteiger partial charge < -0.3 is 36.5 Å². The number of carboxylic acid groups (broad SMARTS) is 2. The van der Waals surface area contributed by atoms with Crippen LogP contribution in [0.1, 0.15) is 219 Å². The lowest BCUT2D eigenvalue weighted by Crippen LogP contribution is -2.68. The molecule has 0 aromatic heterocycles. The fraction of sp³-hybridized carbons (Fsp3) is 0.891. The Morgan fingerprint density at radius 2 is 0.986 bits per heavy atom. The standard InChI is InChI=1S/C31H49NO4.C30H49NO4.3CH4/c1-7-27(3)22-11-14-30(6)23(28(22,4)13-12-24(27)32-36)9-8-21-25-20(19(2)18-33)10-15-31(25,26(34)35)17-16-29(21,30)5;1-18(16-32)19-8-13-30(25(34)35)15-14-28(4)20(24(19)30)6-7-22-26(2)11-10-23(31)27(3,17-33)21(26)9-12-29(22,28)5;;;/h20-23,25,33,36H,2,7-18H2,1,3-6H3,(H,34,35);19-24,32-33H,1,6-17,31H2,2-5H3,(H,34,35);3*1H4/b32-24-;;;;/t20-,21+,22-,23+,25+,27-,28-,29+,30+,31-;19-,20+,21+,22+,23?,24+,26-,27-,28+,29+,30-;;;/m00.../s1. The van der Waals surface area contributed by atoms with Crippen LogP contribution in [0.4, 0.5) is 0 Å². The zero-order valence-corrected chi connectivity index (χ0v) is 45.8. The Kier molecular flexibility index (Phi) is 16.6. The van der Waals surface area contributed by atoms with Gasteiger partial charge in [0.1, 0.15) is 0 Å². The summed E-state index contributed by atoms with van der Waals surface area (Å²) in [6.45, 7) is 30.5. The number of carboxylic acids is 2. The van der Waals surface area contributed by atoms with Crippen molar-refractivity contribution in [1.82, 2.24) is 0 Å². The zero-order valence-electron chi connectivity index (χ0n) is 45.8. The van der Waals surface area contributed by atoms with Crippen LogP contribution in [-0.2, 0) is 9.59 Å². The van der Waals surface area contributed by atoms with Gasteiger partial charge in [0.25, 0.3) is 0 Å². The van der Waals surface area contributed by atoms with Crippen molar-refractivity contribution < 1.29 is 40.3 Å². The van der Waals surface area contributed by atoms with Crippen LogP contribution >= 0.6 is 0 Å². The van der Waals surface area contributed by atoms with E-state index in [1.165, 1.54) is 0 Å². The average Bonchev–Trinajstić information content (AvgIpc) is 3.94. The van der Waals surface area contributed by atoms with Crippen LogP contribution in [0, 0.1) is 113 Å². The lowest BCUT2D eigenvalue weighted by molar-refractivity contribution is -0.243. The van der Waals surface area contributed by atoms with Crippen LogP contribution in [0.15, 0.2) is 29.5 Å². The highest BCUT2D eigenvalue weighted by Gasteiger charge is 2.74. The van der Waals surface area contributed by atoms with Gasteiger partial charge in [0, 0.05) is 16.9 Å². The molecular formula is C64H110N2O8. The molecule has 0 heterocycles. The Morgan fingerprint density at radius 1 is 0.554 bits per heavy atom. The molecule has 0 aromatic carbocycles. The predicted molar refractivity (Wildman–Crippen MR) is 299 cm³/mol. The second-order valence-electron chi connectivity index (χ2n) is 28.9. The van der Waals surface area contributed by atoms with Gasteiger partial charge in [-0.25, -0.2) is 0 Å². The van der Waals surface area contributed by atoms with E-state index in [1.807, 2.05) is 0 Å². The number of oxime groups is 1. The highest BCUT2D eigenvalue weighted by atomic mass is 16.4. The summed E-state index contributed by atoms with van der Waals surface area (Å²) in [5.41, 5.74) is 8.51. The third-order valence-corrected chi connectivity index (χ3v) is 27.9. The largest absolute Gasteiger partial charge is 0.481 e. The molecule has 74 heavy (non-hydrogen) atoms. The highest BCUT2D eigenvalue weighted by Crippen LogP contribution is 2.80. The van der Waals surface area contributed by atoms with Crippen LogP contribution < -0.4 is 5.73 Å². The second kappa shape index (κ2) is 20.1. The van der Waals surface area contributed by atoms with Gasteiger partial charge in [0.2, 0.25) is 0 Å². The Hall–Kier alpha value is -2.27. The van der Waals surface area contributed by atoms with E-state index in [9.17, 15) is 40.3 Å². The normalized spacial score (nSPS) is 52.0. The number of aliphatic hydroxyl groups excluding tert-OH is 3. The molecule has 0 radical (unpaired) electrons. The van der Waals surface area contributed by atoms with Crippen LogP contribution in [-0.4, -0.2) is 74.3 Å². The zero-order chi connectivity index (χ0) is 51.9. The number of hydrogen-bond acceptors (Lipinski definition) is 8. The molecule has 424 valence electrons. The molecule has 10 aliphatic carbocycles. The minimum Gasteiger partial charge on any atom is -0.481 e. The van der Waals surface area contributed by atoms with Gasteiger partial charge in [0.15, 0.2) is 0 Å². The maximum absolute atomic E-state index is 12.8. The van der Waals surface area contributed by atoms with E-state index in [0.29, 0.717) is 35.5 Å². The molecule has 0 spiro atoms. The number of rotatable bonds is 8. The summed E-state index contributed by atoms with van der Waals surface area (Å²) in [7, 11) is 0. The summed E-state index contributed by atoms with van der Waals surface area (Å²) in [6, 6.07) is 0.0523. The van der Waals surface area contributed by atoms with Crippen molar-refractivity contribution in [3.63, 3.8) is 0 Å². The second-order valence-corrected chi connectivity index (χ2v) is 28.9. The Labute approximate surface area is 450 Å². The molecule has 10 aliphatic rings. The van der Waals surface area contributed by atoms with Gasteiger partial charge in [0.05, 0.1) is 36.4 Å². The molecule has 0 aromatic rings. The summed E-state index contributed by atoms with van der Waals surface area (Å²) < 4.78 is 0. The molecule has 10 heteroatoms. The summed E-state index contributed by atoms with van der Waals surface area (Å²) in [5, 5.41) is 65.2. The van der Waals surface area contributed by atoms with Gasteiger partial charge in [-0.3, -0.25) is 9.59 Å². The van der Waals surface area contributed by atoms with Crippen molar-refractivity contribution >= 4 is 17.7 Å². The van der Waals surface area contributed by atoms with Crippen LogP contribution in [0.3, 0.4) is 0 Å². The van der Waals surface area contributed by atoms with E-state index in [0.717, 1.165) is 152 Å². The van der Waals surface area contributed by atoms with Gasteiger partial charge in [-0.1, -0.05) is 103 Å². The monoisotopic (exact) mass is 1030 g/mol. The summed E-state index contributed by atoms with van der Waals surface area (Å²) >= 11 is 0. The van der Waals surface area contributed by atoms with E-state index < -0.39 is 22.8 Å². The number of fused-ring (bicyclic) bond motifs is 14. The lowest BCUT2D eigenvalue weighted by Gasteiger charge is -2.73. The summed E-state index contributed by atoms with van der Waals surface area (Å²) in [4.78, 5) is 25.6. The number of aliphatic hydroxyl groups is 3. The van der Waals surface area contributed by atoms with Crippen molar-refractivity contribution in [2.45, 2.75) is 225 Å². The minimum absolute atomic E-state index is 0. The van der Waals surface area contributed by atoms with Gasteiger partial charge in [-0.2, -0.15) is 0 Å². The Balaban J connectivity index is 0.000000232. The first-order valence-corrected chi connectivity index (χ1v) is 28.9. The van der Waals surface area contributed by atoms with Gasteiger partial charge in [-0.05, 0) is 238 Å². The first-order valence-electron chi connectivity index (χ1n) is 28.9. The first-order chi connectivity index (χ1) is 33.2. The Bertz CT molecular complexity index is 2180. The van der Waals surface area contributed by atoms with E-state index in [-0.39, 0.29) is 115 Å². The fourth-order valence-electron chi connectivity index (χ4n) is 23.4. The SMILES string of the molecule is C.C.C.C=C(CO)[C@@H]1CC[C@]2(C(=O)O)CC[C@]3(C)[C@H](CC[C@@H]4[C@@]5(C)CC/C(=N/O)[C@@](C)(CC)[C@@H]5CC[C@]43C)[C@@H]12.C=C(CO)[C@@H]1CC[C@]2(C(=O)O)CC[C@]3(C)[C@H](CC[C@@H]4[C@@]5(C)CCC(N)[C@@](C)(CO)[C@@H]5CC[C@]43C)[C@@H]12. The molecule has 10 fully saturated rings. The molecular weight excluding hydrogens is 925 g/mol. The molecule has 10 saturated carbocycles. The molecule has 0 aliphatic heterocycles. The maximum Gasteiger partial charge on any atom is 0.309 e. The molecule has 10 nitrogen and oxygen atoms in total. The summed E-state index contributed by atoms with van der Waals surface area (Å²) in [6.07, 6.45) is 20.6. The fourth-order valence-corrected chi connectivity index (χ4v) is 23.4. The van der Waals surface area contributed by atoms with Crippen molar-refractivity contribution in [2.24, 2.45) is 124 Å². The highest BCUT2D eigenvalue weighted by molar-refractivity contribution is 5.90. The predicted octanol–water partition coefficient (Wildman–Crippen LogP) is 13.8. The number of aliphatic carboxylic acids is 2. The molecule has 8 N–H and O–H groups in total. The molecule has 0 amide bonds. The van der Waals surface area contributed by atoms with Crippen LogP contribution in [0.25, 0.3) is 0 Å². The molecule has 21 atom stereocenters.